The molecule has 1 aromatic heterocycles. The average molecular weight is 2040 g/mol. The molecule has 0 radical (unpaired) electrons. The van der Waals surface area contributed by atoms with E-state index in [9.17, 15) is 102 Å². The largest absolute Gasteiger partial charge is 0.494 e. The highest BCUT2D eigenvalue weighted by Gasteiger charge is 2.27. The van der Waals surface area contributed by atoms with Crippen LogP contribution in [0, 0.1) is 11.8 Å². The molecule has 40 heteroatoms. The van der Waals surface area contributed by atoms with E-state index in [1.807, 2.05) is 6.07 Å². The van der Waals surface area contributed by atoms with Crippen molar-refractivity contribution in [2.75, 3.05) is 132 Å². The number of rotatable bonds is 94. The van der Waals surface area contributed by atoms with Gasteiger partial charge in [-0.1, -0.05) is 116 Å². The zero-order valence-corrected chi connectivity index (χ0v) is 84.7. The number of benzene rings is 2. The predicted octanol–water partition coefficient (Wildman–Crippen LogP) is 13.5. The van der Waals surface area contributed by atoms with Crippen LogP contribution in [0.4, 0.5) is 0 Å². The van der Waals surface area contributed by atoms with Gasteiger partial charge >= 0.3 is 41.8 Å². The molecule has 143 heavy (non-hydrogen) atoms. The zero-order valence-electron chi connectivity index (χ0n) is 83.9. The van der Waals surface area contributed by atoms with Gasteiger partial charge in [0, 0.05) is 108 Å². The molecule has 2 aromatic carbocycles. The lowest BCUT2D eigenvalue weighted by molar-refractivity contribution is -0.145. The quantitative estimate of drug-likeness (QED) is 0.0234. The van der Waals surface area contributed by atoms with E-state index in [0.717, 1.165) is 133 Å². The van der Waals surface area contributed by atoms with Gasteiger partial charge in [0.1, 0.15) is 78.0 Å². The van der Waals surface area contributed by atoms with Crippen LogP contribution in [0.25, 0.3) is 0 Å². The van der Waals surface area contributed by atoms with E-state index >= 15 is 0 Å². The Morgan fingerprint density at radius 3 is 1.09 bits per heavy atom. The summed E-state index contributed by atoms with van der Waals surface area (Å²) in [6.07, 6.45) is 26.5. The van der Waals surface area contributed by atoms with E-state index in [4.69, 9.17) is 67.8 Å². The predicted molar refractivity (Wildman–Crippen MR) is 528 cm³/mol. The van der Waals surface area contributed by atoms with Crippen LogP contribution >= 0.6 is 11.3 Å². The number of amides is 4. The molecule has 0 aliphatic heterocycles. The summed E-state index contributed by atoms with van der Waals surface area (Å²) in [5.74, 6) is -10.2. The Labute approximate surface area is 843 Å². The second-order valence-electron chi connectivity index (χ2n) is 34.8. The van der Waals surface area contributed by atoms with E-state index in [2.05, 4.69) is 21.3 Å². The van der Waals surface area contributed by atoms with Crippen molar-refractivity contribution in [3.05, 3.63) is 81.5 Å². The van der Waals surface area contributed by atoms with Crippen molar-refractivity contribution in [1.82, 2.24) is 21.3 Å². The van der Waals surface area contributed by atoms with Gasteiger partial charge in [-0.15, -0.1) is 11.3 Å². The molecule has 0 aliphatic rings. The van der Waals surface area contributed by atoms with Crippen LogP contribution in [0.1, 0.15) is 319 Å². The fourth-order valence-electron chi connectivity index (χ4n) is 14.0. The van der Waals surface area contributed by atoms with Crippen LogP contribution in [0.5, 0.6) is 11.5 Å². The van der Waals surface area contributed by atoms with Gasteiger partial charge in [0.25, 0.3) is 0 Å². The van der Waals surface area contributed by atoms with Crippen molar-refractivity contribution in [3.8, 4) is 11.5 Å². The fraction of sp³-hybridized carbons (Fsp3) is 0.670. The van der Waals surface area contributed by atoms with Crippen LogP contribution in [0.2, 0.25) is 0 Å². The molecule has 39 nitrogen and oxygen atoms in total. The van der Waals surface area contributed by atoms with Crippen LogP contribution < -0.4 is 30.7 Å². The van der Waals surface area contributed by atoms with Crippen molar-refractivity contribution in [3.63, 3.8) is 0 Å². The maximum atomic E-state index is 12.7. The van der Waals surface area contributed by atoms with Crippen LogP contribution in [-0.2, 0) is 116 Å². The normalized spacial score (nSPS) is 11.8. The lowest BCUT2D eigenvalue weighted by Crippen LogP contribution is -2.41. The number of aliphatic carboxylic acids is 4. The molecule has 0 saturated carbocycles. The molecule has 1 heterocycles. The van der Waals surface area contributed by atoms with Crippen molar-refractivity contribution >= 4 is 117 Å². The number of hydrogen-bond acceptors (Lipinski definition) is 29. The van der Waals surface area contributed by atoms with Crippen molar-refractivity contribution in [2.45, 2.75) is 303 Å². The summed E-state index contributed by atoms with van der Waals surface area (Å²) in [4.78, 5) is 210. The highest BCUT2D eigenvalue weighted by Crippen LogP contribution is 2.24. The van der Waals surface area contributed by atoms with Gasteiger partial charge in [0.2, 0.25) is 23.6 Å². The zero-order chi connectivity index (χ0) is 106. The van der Waals surface area contributed by atoms with E-state index in [1.165, 1.54) is 75.6 Å². The number of ether oxygens (including phenoxy) is 10. The first kappa shape index (κ1) is 130. The van der Waals surface area contributed by atoms with E-state index in [-0.39, 0.29) is 219 Å². The monoisotopic (exact) mass is 2040 g/mol. The van der Waals surface area contributed by atoms with Gasteiger partial charge in [0.05, 0.1) is 96.3 Å². The number of thiophene rings is 1. The molecule has 806 valence electrons. The second-order valence-corrected chi connectivity index (χ2v) is 36.0. The minimum atomic E-state index is -1.27. The van der Waals surface area contributed by atoms with Crippen LogP contribution in [0.3, 0.4) is 0 Å². The number of unbranched alkanes of at least 4 members (excludes halogenated alkanes) is 21. The third-order valence-corrected chi connectivity index (χ3v) is 23.1. The number of carbonyl (C=O) groups excluding carboxylic acids is 11. The first-order chi connectivity index (χ1) is 68.6. The molecule has 11 N–H and O–H groups in total. The first-order valence-electron chi connectivity index (χ1n) is 50.1. The summed E-state index contributed by atoms with van der Waals surface area (Å²) in [7, 11) is 0. The Morgan fingerprint density at radius 2 is 0.664 bits per heavy atom. The molecule has 0 bridgehead atoms. The molecule has 4 atom stereocenters. The summed E-state index contributed by atoms with van der Waals surface area (Å²) in [5, 5.41) is 74.3. The smallest absolute Gasteiger partial charge is 0.345 e. The summed E-state index contributed by atoms with van der Waals surface area (Å²) in [6.45, 7) is 9.29. The Bertz CT molecular complexity index is 4140. The average Bonchev–Trinajstić information content (AvgIpc) is 1.63. The number of ketones is 7. The van der Waals surface area contributed by atoms with Gasteiger partial charge in [-0.05, 0) is 165 Å². The van der Waals surface area contributed by atoms with Gasteiger partial charge < -0.3 is 109 Å². The summed E-state index contributed by atoms with van der Waals surface area (Å²) in [6, 6.07) is 13.9. The lowest BCUT2D eigenvalue weighted by atomic mass is 9.94. The highest BCUT2D eigenvalue weighted by molar-refractivity contribution is 7.13. The third-order valence-electron chi connectivity index (χ3n) is 21.9. The molecule has 0 aliphatic carbocycles. The molecule has 3 rings (SSSR count). The Hall–Kier alpha value is -10.7. The minimum absolute atomic E-state index is 0.00252. The molecule has 0 spiro atoms. The summed E-state index contributed by atoms with van der Waals surface area (Å²) >= 11 is 1.36. The number of carbonyl (C=O) groups is 18. The van der Waals surface area contributed by atoms with Gasteiger partial charge in [-0.2, -0.15) is 0 Å². The van der Waals surface area contributed by atoms with Crippen molar-refractivity contribution in [2.24, 2.45) is 11.8 Å². The van der Waals surface area contributed by atoms with Gasteiger partial charge in [-0.25, -0.2) is 24.0 Å². The molecule has 3 aromatic rings. The van der Waals surface area contributed by atoms with Crippen molar-refractivity contribution < 1.29 is 169 Å². The van der Waals surface area contributed by atoms with Gasteiger partial charge in [-0.3, -0.25) is 57.5 Å². The van der Waals surface area contributed by atoms with Crippen LogP contribution in [-0.4, -0.2) is 286 Å². The summed E-state index contributed by atoms with van der Waals surface area (Å²) in [5.41, 5.74) is 0.436. The number of aryl methyl sites for hydroxylation is 1. The molecule has 4 amide bonds. The Balaban J connectivity index is 0.00000108. The lowest BCUT2D eigenvalue weighted by Gasteiger charge is -2.16. The second kappa shape index (κ2) is 86.7. The van der Waals surface area contributed by atoms with E-state index in [1.54, 1.807) is 30.3 Å². The highest BCUT2D eigenvalue weighted by atomic mass is 32.1. The standard InChI is InChI=1S/C37H60N2O12S.C37H57NO13.C29H41NO10/c1-29(40)27-50-25-24-49-22-20-38-35(43)28-51-26-23-48-21-12-13-30(41)16-18-32(36(44)45)39-34(42)15-11-9-7-5-3-2-4-6-8-10-14-31-17-19-33(52-31)37(46)47;1-29(39)27-49-24-22-47-19-9-11-33(41)28-50-25-23-48-21-18-38-36(44)31(14-17-35(42)43)26-32(40)10-7-5-3-2-4-6-8-20-51-34-15-12-30(13-16-34)37(45)46;1-20(31)10-16-25(29(38)39)30-26(33)17-13-22(28(36)37)19-23(32)9-7-5-3-2-4-6-8-18-40-24-14-11-21(12-15-24)27(34)35/h17,19,32H,2-16,18,20-28H2,1H3,(H,38,43)(H,39,42)(H,44,45)(H,46,47);12-13,15-16,31H,2-11,14,17-28H2,1H3,(H,38,44)(H,42,43)(H,45,46);11-12,14-15,22,25H,2-10,13,16-19H2,1H3,(H,30,33)(H,34,35)(H,36,37)(H,38,39)/t32-;31-;22-,25+/m011/s1. The SMILES string of the molecule is CC(=O)CC[C@H](NC(=O)CC[C@H](CC(=O)CCCCCCCCCOc1ccc(C(=O)O)cc1)C(=O)O)C(=O)O.CC(=O)COCCOCCCC(=O)COCCOCCNC(=O)[C@H](CCC(=O)O)CC(=O)CCCCCCCCCOc1ccc(C(=O)O)cc1.CC(=O)COCCOCCNC(=O)COCCOCCCC(=O)CC[C@H](NC(=O)CCCCCCCCCCCCc1ccc(C(=O)O)s1)C(=O)O. The number of carboxylic acid groups (broad SMARTS) is 7. The first-order valence-corrected chi connectivity index (χ1v) is 50.9. The van der Waals surface area contributed by atoms with Crippen LogP contribution in [0.15, 0.2) is 60.7 Å². The summed E-state index contributed by atoms with van der Waals surface area (Å²) < 4.78 is 53.5. The fourth-order valence-corrected chi connectivity index (χ4v) is 14.9. The van der Waals surface area contributed by atoms with Crippen molar-refractivity contribution in [1.29, 1.82) is 0 Å². The number of hydrogen-bond donors (Lipinski definition) is 11. The minimum Gasteiger partial charge on any atom is -0.494 e. The third kappa shape index (κ3) is 78.4. The number of Topliss-reactive ketones (excluding diaryl/α,β-unsaturated/α-hetero) is 7. The topological polar surface area (TPSA) is 589 Å². The molecular weight excluding hydrogens is 1890 g/mol. The maximum Gasteiger partial charge on any atom is 0.345 e. The molecular formula is C103H158N4O35S. The number of carboxylic acids is 7. The maximum absolute atomic E-state index is 12.7. The van der Waals surface area contributed by atoms with E-state index < -0.39 is 71.6 Å². The molecule has 0 unspecified atom stereocenters. The Morgan fingerprint density at radius 1 is 0.287 bits per heavy atom. The van der Waals surface area contributed by atoms with Gasteiger partial charge in [0.15, 0.2) is 17.3 Å². The Kier molecular flexibility index (Phi) is 79.0. The number of aromatic carboxylic acids is 3. The van der Waals surface area contributed by atoms with E-state index in [0.29, 0.717) is 121 Å². The molecule has 0 fully saturated rings. The molecule has 0 saturated heterocycles. The number of nitrogens with one attached hydrogen (secondary N) is 4.